The lowest BCUT2D eigenvalue weighted by atomic mass is 9.99. The average molecular weight is 242 g/mol. The molecule has 2 atom stereocenters. The molecule has 0 spiro atoms. The van der Waals surface area contributed by atoms with Crippen molar-refractivity contribution in [2.24, 2.45) is 5.73 Å². The number of rotatable bonds is 4. The minimum Gasteiger partial charge on any atom is -0.368 e. The number of nitrogens with two attached hydrogens (primary N) is 1. The van der Waals surface area contributed by atoms with Crippen LogP contribution in [-0.2, 0) is 4.79 Å². The van der Waals surface area contributed by atoms with Crippen molar-refractivity contribution in [3.63, 3.8) is 0 Å². The second-order valence-electron chi connectivity index (χ2n) is 4.58. The molecule has 0 fully saturated rings. The minimum absolute atomic E-state index is 0.0820. The molecule has 0 aliphatic heterocycles. The predicted molar refractivity (Wildman–Crippen MR) is 74.2 cm³/mol. The highest BCUT2D eigenvalue weighted by molar-refractivity contribution is 5.86. The van der Waals surface area contributed by atoms with Crippen molar-refractivity contribution in [1.82, 2.24) is 5.32 Å². The highest BCUT2D eigenvalue weighted by Gasteiger charge is 2.14. The van der Waals surface area contributed by atoms with Crippen molar-refractivity contribution in [2.75, 3.05) is 0 Å². The molecule has 18 heavy (non-hydrogen) atoms. The van der Waals surface area contributed by atoms with E-state index in [9.17, 15) is 4.79 Å². The molecule has 0 aromatic heterocycles. The van der Waals surface area contributed by atoms with Gasteiger partial charge >= 0.3 is 0 Å². The van der Waals surface area contributed by atoms with Gasteiger partial charge in [-0.05, 0) is 30.2 Å². The van der Waals surface area contributed by atoms with Crippen LogP contribution in [0.25, 0.3) is 10.8 Å². The Hall–Kier alpha value is -1.87. The molecule has 1 unspecified atom stereocenters. The van der Waals surface area contributed by atoms with Gasteiger partial charge in [-0.15, -0.1) is 0 Å². The first-order valence-corrected chi connectivity index (χ1v) is 6.12. The Morgan fingerprint density at radius 3 is 2.50 bits per heavy atom. The third-order valence-corrected chi connectivity index (χ3v) is 3.22. The average Bonchev–Trinajstić information content (AvgIpc) is 2.37. The van der Waals surface area contributed by atoms with E-state index in [4.69, 9.17) is 5.73 Å². The maximum Gasteiger partial charge on any atom is 0.234 e. The van der Waals surface area contributed by atoms with Crippen LogP contribution in [0.2, 0.25) is 0 Å². The smallest absolute Gasteiger partial charge is 0.234 e. The summed E-state index contributed by atoms with van der Waals surface area (Å²) in [6.45, 7) is 3.82. The summed E-state index contributed by atoms with van der Waals surface area (Å²) in [5.41, 5.74) is 6.46. The number of amides is 1. The molecule has 94 valence electrons. The minimum atomic E-state index is -0.334. The lowest BCUT2D eigenvalue weighted by Crippen LogP contribution is -2.40. The SMILES string of the molecule is CC(N[C@H](C)c1cccc2ccccc12)C(N)=O. The number of nitrogens with one attached hydrogen (secondary N) is 1. The molecule has 0 radical (unpaired) electrons. The molecule has 0 aliphatic rings. The van der Waals surface area contributed by atoms with E-state index in [2.05, 4.69) is 29.6 Å². The van der Waals surface area contributed by atoms with Gasteiger partial charge in [0.1, 0.15) is 0 Å². The maximum atomic E-state index is 11.1. The fourth-order valence-corrected chi connectivity index (χ4v) is 2.17. The number of carbonyl (C=O) groups is 1. The highest BCUT2D eigenvalue weighted by atomic mass is 16.1. The summed E-state index contributed by atoms with van der Waals surface area (Å²) in [7, 11) is 0. The summed E-state index contributed by atoms with van der Waals surface area (Å²) in [6.07, 6.45) is 0. The first kappa shape index (κ1) is 12.6. The molecule has 0 saturated heterocycles. The monoisotopic (exact) mass is 242 g/mol. The maximum absolute atomic E-state index is 11.1. The van der Waals surface area contributed by atoms with Crippen LogP contribution in [0.1, 0.15) is 25.5 Å². The second kappa shape index (κ2) is 5.19. The zero-order chi connectivity index (χ0) is 13.1. The van der Waals surface area contributed by atoms with Gasteiger partial charge in [0.2, 0.25) is 5.91 Å². The molecule has 0 heterocycles. The van der Waals surface area contributed by atoms with Crippen molar-refractivity contribution in [3.8, 4) is 0 Å². The lowest BCUT2D eigenvalue weighted by molar-refractivity contribution is -0.119. The topological polar surface area (TPSA) is 55.1 Å². The first-order valence-electron chi connectivity index (χ1n) is 6.12. The predicted octanol–water partition coefficient (Wildman–Crippen LogP) is 2.36. The van der Waals surface area contributed by atoms with Crippen molar-refractivity contribution < 1.29 is 4.79 Å². The molecule has 2 aromatic carbocycles. The van der Waals surface area contributed by atoms with E-state index in [1.54, 1.807) is 6.92 Å². The third kappa shape index (κ3) is 2.51. The first-order chi connectivity index (χ1) is 8.59. The van der Waals surface area contributed by atoms with Gasteiger partial charge < -0.3 is 5.73 Å². The number of hydrogen-bond donors (Lipinski definition) is 2. The highest BCUT2D eigenvalue weighted by Crippen LogP contribution is 2.24. The Morgan fingerprint density at radius 1 is 1.11 bits per heavy atom. The summed E-state index contributed by atoms with van der Waals surface area (Å²) in [6, 6.07) is 14.2. The van der Waals surface area contributed by atoms with Crippen LogP contribution >= 0.6 is 0 Å². The van der Waals surface area contributed by atoms with Crippen LogP contribution in [-0.4, -0.2) is 11.9 Å². The number of fused-ring (bicyclic) bond motifs is 1. The van der Waals surface area contributed by atoms with E-state index in [1.807, 2.05) is 25.1 Å². The lowest BCUT2D eigenvalue weighted by Gasteiger charge is -2.19. The Morgan fingerprint density at radius 2 is 1.78 bits per heavy atom. The van der Waals surface area contributed by atoms with Crippen LogP contribution in [0.5, 0.6) is 0 Å². The molecular weight excluding hydrogens is 224 g/mol. The largest absolute Gasteiger partial charge is 0.368 e. The Balaban J connectivity index is 2.33. The van der Waals surface area contributed by atoms with Crippen LogP contribution in [0.3, 0.4) is 0 Å². The Bertz CT molecular complexity index is 560. The van der Waals surface area contributed by atoms with Gasteiger partial charge in [-0.2, -0.15) is 0 Å². The van der Waals surface area contributed by atoms with Crippen molar-refractivity contribution in [2.45, 2.75) is 25.9 Å². The van der Waals surface area contributed by atoms with Crippen LogP contribution in [0.4, 0.5) is 0 Å². The number of primary amides is 1. The number of hydrogen-bond acceptors (Lipinski definition) is 2. The van der Waals surface area contributed by atoms with Gasteiger partial charge in [0.15, 0.2) is 0 Å². The summed E-state index contributed by atoms with van der Waals surface area (Å²) in [5.74, 6) is -0.331. The van der Waals surface area contributed by atoms with E-state index in [-0.39, 0.29) is 18.0 Å². The van der Waals surface area contributed by atoms with Gasteiger partial charge in [0, 0.05) is 6.04 Å². The zero-order valence-electron chi connectivity index (χ0n) is 10.7. The van der Waals surface area contributed by atoms with E-state index < -0.39 is 0 Å². The molecule has 0 aliphatic carbocycles. The van der Waals surface area contributed by atoms with E-state index in [1.165, 1.54) is 16.3 Å². The van der Waals surface area contributed by atoms with Crippen molar-refractivity contribution in [1.29, 1.82) is 0 Å². The summed E-state index contributed by atoms with van der Waals surface area (Å²) in [5, 5.41) is 5.62. The summed E-state index contributed by atoms with van der Waals surface area (Å²) >= 11 is 0. The second-order valence-corrected chi connectivity index (χ2v) is 4.58. The van der Waals surface area contributed by atoms with Gasteiger partial charge in [0.25, 0.3) is 0 Å². The van der Waals surface area contributed by atoms with Gasteiger partial charge in [-0.25, -0.2) is 0 Å². The van der Waals surface area contributed by atoms with Crippen LogP contribution in [0.15, 0.2) is 42.5 Å². The van der Waals surface area contributed by atoms with Gasteiger partial charge in [-0.3, -0.25) is 10.1 Å². The van der Waals surface area contributed by atoms with Crippen LogP contribution < -0.4 is 11.1 Å². The zero-order valence-corrected chi connectivity index (χ0v) is 10.7. The fourth-order valence-electron chi connectivity index (χ4n) is 2.17. The molecule has 2 aromatic rings. The molecule has 3 nitrogen and oxygen atoms in total. The molecule has 3 heteroatoms. The van der Waals surface area contributed by atoms with Gasteiger partial charge in [0.05, 0.1) is 6.04 Å². The number of carbonyl (C=O) groups excluding carboxylic acids is 1. The van der Waals surface area contributed by atoms with Gasteiger partial charge in [-0.1, -0.05) is 42.5 Å². The summed E-state index contributed by atoms with van der Waals surface area (Å²) in [4.78, 5) is 11.1. The van der Waals surface area contributed by atoms with E-state index in [0.717, 1.165) is 0 Å². The fraction of sp³-hybridized carbons (Fsp3) is 0.267. The Labute approximate surface area is 107 Å². The third-order valence-electron chi connectivity index (χ3n) is 3.22. The molecule has 0 bridgehead atoms. The number of benzene rings is 2. The molecule has 3 N–H and O–H groups in total. The van der Waals surface area contributed by atoms with E-state index >= 15 is 0 Å². The molecule has 0 saturated carbocycles. The van der Waals surface area contributed by atoms with Crippen molar-refractivity contribution in [3.05, 3.63) is 48.0 Å². The Kier molecular flexibility index (Phi) is 3.63. The molecule has 2 rings (SSSR count). The quantitative estimate of drug-likeness (QED) is 0.864. The molecule has 1 amide bonds. The van der Waals surface area contributed by atoms with Crippen molar-refractivity contribution >= 4 is 16.7 Å². The molecular formula is C15H18N2O. The van der Waals surface area contributed by atoms with Crippen LogP contribution in [0, 0.1) is 0 Å². The standard InChI is InChI=1S/C15H18N2O/c1-10(17-11(2)15(16)18)13-9-5-7-12-6-3-4-8-14(12)13/h3-11,17H,1-2H3,(H2,16,18)/t10-,11?/m1/s1. The summed E-state index contributed by atoms with van der Waals surface area (Å²) < 4.78 is 0. The van der Waals surface area contributed by atoms with E-state index in [0.29, 0.717) is 0 Å². The normalized spacial score (nSPS) is 14.3.